The van der Waals surface area contributed by atoms with Crippen LogP contribution in [0.1, 0.15) is 43.4 Å². The smallest absolute Gasteiger partial charge is 0.119 e. The van der Waals surface area contributed by atoms with E-state index in [0.29, 0.717) is 6.04 Å². The lowest BCUT2D eigenvalue weighted by atomic mass is 9.98. The molecule has 1 aromatic rings. The summed E-state index contributed by atoms with van der Waals surface area (Å²) in [5, 5.41) is 0. The minimum absolute atomic E-state index is 0.313. The normalized spacial score (nSPS) is 16.3. The largest absolute Gasteiger partial charge is 0.497 e. The molecular formula is C20H27NO. The van der Waals surface area contributed by atoms with Gasteiger partial charge in [-0.05, 0) is 41.7 Å². The van der Waals surface area contributed by atoms with E-state index < -0.39 is 0 Å². The fraction of sp³-hybridized carbons (Fsp3) is 0.400. The van der Waals surface area contributed by atoms with Gasteiger partial charge in [0.25, 0.3) is 0 Å². The van der Waals surface area contributed by atoms with Crippen LogP contribution in [0.3, 0.4) is 0 Å². The Balaban J connectivity index is 2.38. The van der Waals surface area contributed by atoms with Crippen molar-refractivity contribution in [2.45, 2.75) is 32.2 Å². The molecule has 0 amide bonds. The molecule has 0 bridgehead atoms. The predicted octanol–water partition coefficient (Wildman–Crippen LogP) is 5.00. The van der Waals surface area contributed by atoms with Gasteiger partial charge in [-0.3, -0.25) is 4.90 Å². The lowest BCUT2D eigenvalue weighted by Gasteiger charge is -2.30. The molecule has 2 heteroatoms. The van der Waals surface area contributed by atoms with Crippen molar-refractivity contribution in [1.29, 1.82) is 0 Å². The standard InChI is InChI=1S/C20H27NO/c1-5-8-9-17-14-16-10-11-18(22-4)15-19(16)20(17)21(12-6-2)13-7-3/h6-7,10-11,14-15,20H,2-3,5,8-9,12-13H2,1,4H3. The van der Waals surface area contributed by atoms with Crippen molar-refractivity contribution in [1.82, 2.24) is 4.90 Å². The van der Waals surface area contributed by atoms with Crippen LogP contribution in [0, 0.1) is 0 Å². The zero-order valence-corrected chi connectivity index (χ0v) is 13.8. The van der Waals surface area contributed by atoms with Crippen molar-refractivity contribution < 1.29 is 4.74 Å². The van der Waals surface area contributed by atoms with Crippen LogP contribution in [-0.2, 0) is 0 Å². The van der Waals surface area contributed by atoms with Gasteiger partial charge in [-0.15, -0.1) is 13.2 Å². The SMILES string of the molecule is C=CCN(CC=C)C1C(CCCC)=Cc2ccc(OC)cc21. The van der Waals surface area contributed by atoms with E-state index in [2.05, 4.69) is 43.2 Å². The summed E-state index contributed by atoms with van der Waals surface area (Å²) >= 11 is 0. The number of unbranched alkanes of at least 4 members (excludes halogenated alkanes) is 1. The number of ether oxygens (including phenoxy) is 1. The number of hydrogen-bond donors (Lipinski definition) is 0. The maximum atomic E-state index is 5.42. The van der Waals surface area contributed by atoms with E-state index in [1.807, 2.05) is 18.2 Å². The maximum absolute atomic E-state index is 5.42. The second kappa shape index (κ2) is 8.00. The van der Waals surface area contributed by atoms with Crippen LogP contribution in [0.25, 0.3) is 6.08 Å². The number of nitrogens with zero attached hydrogens (tertiary/aromatic N) is 1. The molecular weight excluding hydrogens is 270 g/mol. The highest BCUT2D eigenvalue weighted by Gasteiger charge is 2.29. The average molecular weight is 297 g/mol. The summed E-state index contributed by atoms with van der Waals surface area (Å²) in [7, 11) is 1.72. The van der Waals surface area contributed by atoms with E-state index in [9.17, 15) is 0 Å². The summed E-state index contributed by atoms with van der Waals surface area (Å²) in [6, 6.07) is 6.70. The summed E-state index contributed by atoms with van der Waals surface area (Å²) < 4.78 is 5.42. The highest BCUT2D eigenvalue weighted by Crippen LogP contribution is 2.42. The number of benzene rings is 1. The second-order valence-corrected chi connectivity index (χ2v) is 5.75. The highest BCUT2D eigenvalue weighted by atomic mass is 16.5. The van der Waals surface area contributed by atoms with Crippen molar-refractivity contribution >= 4 is 6.08 Å². The van der Waals surface area contributed by atoms with E-state index >= 15 is 0 Å². The quantitative estimate of drug-likeness (QED) is 0.595. The second-order valence-electron chi connectivity index (χ2n) is 5.75. The summed E-state index contributed by atoms with van der Waals surface area (Å²) in [6.45, 7) is 11.8. The van der Waals surface area contributed by atoms with Crippen LogP contribution in [-0.4, -0.2) is 25.1 Å². The zero-order chi connectivity index (χ0) is 15.9. The molecule has 0 spiro atoms. The van der Waals surface area contributed by atoms with Crippen molar-refractivity contribution in [3.05, 3.63) is 60.2 Å². The topological polar surface area (TPSA) is 12.5 Å². The first-order valence-corrected chi connectivity index (χ1v) is 8.09. The van der Waals surface area contributed by atoms with Gasteiger partial charge in [-0.25, -0.2) is 0 Å². The zero-order valence-electron chi connectivity index (χ0n) is 13.8. The molecule has 2 nitrogen and oxygen atoms in total. The Morgan fingerprint density at radius 2 is 1.95 bits per heavy atom. The summed E-state index contributed by atoms with van der Waals surface area (Å²) in [6.07, 6.45) is 9.88. The number of fused-ring (bicyclic) bond motifs is 1. The molecule has 0 saturated heterocycles. The molecule has 22 heavy (non-hydrogen) atoms. The van der Waals surface area contributed by atoms with Crippen molar-refractivity contribution in [2.75, 3.05) is 20.2 Å². The third-order valence-corrected chi connectivity index (χ3v) is 4.19. The first-order valence-electron chi connectivity index (χ1n) is 8.09. The van der Waals surface area contributed by atoms with E-state index in [4.69, 9.17) is 4.74 Å². The molecule has 0 saturated carbocycles. The molecule has 0 fully saturated rings. The monoisotopic (exact) mass is 297 g/mol. The van der Waals surface area contributed by atoms with Gasteiger partial charge in [0.15, 0.2) is 0 Å². The molecule has 0 radical (unpaired) electrons. The molecule has 0 heterocycles. The van der Waals surface area contributed by atoms with Gasteiger partial charge < -0.3 is 4.74 Å². The van der Waals surface area contributed by atoms with Gasteiger partial charge in [0.1, 0.15) is 5.75 Å². The van der Waals surface area contributed by atoms with Crippen LogP contribution < -0.4 is 4.74 Å². The van der Waals surface area contributed by atoms with Gasteiger partial charge in [0.2, 0.25) is 0 Å². The minimum Gasteiger partial charge on any atom is -0.497 e. The van der Waals surface area contributed by atoms with Crippen molar-refractivity contribution in [3.8, 4) is 5.75 Å². The molecule has 1 aromatic carbocycles. The summed E-state index contributed by atoms with van der Waals surface area (Å²) in [4.78, 5) is 2.42. The molecule has 118 valence electrons. The third-order valence-electron chi connectivity index (χ3n) is 4.19. The average Bonchev–Trinajstić information content (AvgIpc) is 2.89. The van der Waals surface area contributed by atoms with Gasteiger partial charge in [0.05, 0.1) is 13.2 Å². The van der Waals surface area contributed by atoms with Crippen LogP contribution in [0.4, 0.5) is 0 Å². The molecule has 0 N–H and O–H groups in total. The Bertz CT molecular complexity index is 549. The molecule has 0 aromatic heterocycles. The van der Waals surface area contributed by atoms with Gasteiger partial charge in [0, 0.05) is 13.1 Å². The van der Waals surface area contributed by atoms with Crippen molar-refractivity contribution in [2.24, 2.45) is 0 Å². The van der Waals surface area contributed by atoms with E-state index in [-0.39, 0.29) is 0 Å². The summed E-state index contributed by atoms with van der Waals surface area (Å²) in [5.74, 6) is 0.922. The Kier molecular flexibility index (Phi) is 6.02. The van der Waals surface area contributed by atoms with Crippen LogP contribution in [0.15, 0.2) is 49.1 Å². The molecule has 2 rings (SSSR count). The Morgan fingerprint density at radius 1 is 1.23 bits per heavy atom. The minimum atomic E-state index is 0.313. The number of rotatable bonds is 9. The number of hydrogen-bond acceptors (Lipinski definition) is 2. The van der Waals surface area contributed by atoms with E-state index in [0.717, 1.165) is 25.3 Å². The lowest BCUT2D eigenvalue weighted by Crippen LogP contribution is -2.29. The molecule has 1 aliphatic carbocycles. The summed E-state index contributed by atoms with van der Waals surface area (Å²) in [5.41, 5.74) is 4.15. The Labute approximate surface area is 134 Å². The Morgan fingerprint density at radius 3 is 2.55 bits per heavy atom. The van der Waals surface area contributed by atoms with Gasteiger partial charge >= 0.3 is 0 Å². The fourth-order valence-corrected chi connectivity index (χ4v) is 3.16. The maximum Gasteiger partial charge on any atom is 0.119 e. The van der Waals surface area contributed by atoms with Gasteiger partial charge in [-0.1, -0.05) is 37.6 Å². The third kappa shape index (κ3) is 3.50. The molecule has 1 unspecified atom stereocenters. The van der Waals surface area contributed by atoms with E-state index in [1.165, 1.54) is 29.5 Å². The first kappa shape index (κ1) is 16.6. The predicted molar refractivity (Wildman–Crippen MR) is 95.2 cm³/mol. The Hall–Kier alpha value is -1.80. The van der Waals surface area contributed by atoms with Crippen LogP contribution in [0.2, 0.25) is 0 Å². The first-order chi connectivity index (χ1) is 10.7. The van der Waals surface area contributed by atoms with Crippen LogP contribution in [0.5, 0.6) is 5.75 Å². The lowest BCUT2D eigenvalue weighted by molar-refractivity contribution is 0.272. The molecule has 0 aliphatic heterocycles. The molecule has 1 atom stereocenters. The molecule has 1 aliphatic rings. The van der Waals surface area contributed by atoms with Gasteiger partial charge in [-0.2, -0.15) is 0 Å². The number of methoxy groups -OCH3 is 1. The van der Waals surface area contributed by atoms with E-state index in [1.54, 1.807) is 7.11 Å². The van der Waals surface area contributed by atoms with Crippen LogP contribution >= 0.6 is 0 Å². The fourth-order valence-electron chi connectivity index (χ4n) is 3.16. The van der Waals surface area contributed by atoms with Crippen molar-refractivity contribution in [3.63, 3.8) is 0 Å². The highest BCUT2D eigenvalue weighted by molar-refractivity contribution is 5.67.